The fraction of sp³-hybridized carbons (Fsp3) is 1.00. The van der Waals surface area contributed by atoms with Crippen molar-refractivity contribution in [2.45, 2.75) is 62.2 Å². The molecule has 5 atom stereocenters. The average molecular weight is 245 g/mol. The molecular formula is C12H22O3P+. The molecule has 0 spiro atoms. The molecule has 0 amide bonds. The number of rotatable bonds is 0. The summed E-state index contributed by atoms with van der Waals surface area (Å²) < 4.78 is 12.4. The fourth-order valence-corrected chi connectivity index (χ4v) is 7.97. The predicted molar refractivity (Wildman–Crippen MR) is 65.2 cm³/mol. The first-order valence-electron chi connectivity index (χ1n) is 6.03. The van der Waals surface area contributed by atoms with Gasteiger partial charge in [0.25, 0.3) is 0 Å². The highest BCUT2D eigenvalue weighted by atomic mass is 31.2. The van der Waals surface area contributed by atoms with Crippen LogP contribution in [0, 0.1) is 0 Å². The van der Waals surface area contributed by atoms with E-state index in [-0.39, 0.29) is 17.3 Å². The molecule has 4 heteroatoms. The third-order valence-corrected chi connectivity index (χ3v) is 7.43. The van der Waals surface area contributed by atoms with Crippen LogP contribution in [0.4, 0.5) is 0 Å². The molecule has 16 heavy (non-hydrogen) atoms. The molecule has 3 aliphatic rings. The Balaban J connectivity index is 2.04. The van der Waals surface area contributed by atoms with E-state index >= 15 is 0 Å². The van der Waals surface area contributed by atoms with E-state index in [1.54, 1.807) is 0 Å². The lowest BCUT2D eigenvalue weighted by Gasteiger charge is -2.44. The lowest BCUT2D eigenvalue weighted by atomic mass is 9.82. The molecule has 3 rings (SSSR count). The van der Waals surface area contributed by atoms with E-state index in [4.69, 9.17) is 9.26 Å². The van der Waals surface area contributed by atoms with Gasteiger partial charge in [0, 0.05) is 12.8 Å². The SMILES string of the molecule is CC1(O)C[C@@]2(C)O[C@@](C)(C1)[C@H]1[C@@H]2O[P+]1(C)C. The number of aliphatic hydroxyl groups is 1. The Morgan fingerprint density at radius 1 is 1.12 bits per heavy atom. The van der Waals surface area contributed by atoms with Gasteiger partial charge in [-0.2, -0.15) is 0 Å². The zero-order valence-electron chi connectivity index (χ0n) is 10.8. The highest BCUT2D eigenvalue weighted by Gasteiger charge is 2.79. The molecule has 0 saturated carbocycles. The van der Waals surface area contributed by atoms with Crippen molar-refractivity contribution < 1.29 is 14.4 Å². The fourth-order valence-electron chi connectivity index (χ4n) is 4.61. The number of hydrogen-bond acceptors (Lipinski definition) is 3. The molecule has 3 saturated heterocycles. The maximum Gasteiger partial charge on any atom is 0.171 e. The third kappa shape index (κ3) is 1.23. The van der Waals surface area contributed by atoms with Crippen molar-refractivity contribution in [2.24, 2.45) is 0 Å². The molecule has 1 N–H and O–H groups in total. The quantitative estimate of drug-likeness (QED) is 0.664. The van der Waals surface area contributed by atoms with Gasteiger partial charge in [-0.1, -0.05) is 0 Å². The number of ether oxygens (including phenoxy) is 1. The largest absolute Gasteiger partial charge is 0.390 e. The Bertz CT molecular complexity index is 350. The molecule has 0 aromatic carbocycles. The summed E-state index contributed by atoms with van der Waals surface area (Å²) in [4.78, 5) is 0. The van der Waals surface area contributed by atoms with Crippen molar-refractivity contribution in [3.05, 3.63) is 0 Å². The summed E-state index contributed by atoms with van der Waals surface area (Å²) in [6.07, 6.45) is 1.63. The first-order chi connectivity index (χ1) is 7.08. The Morgan fingerprint density at radius 2 is 1.69 bits per heavy atom. The summed E-state index contributed by atoms with van der Waals surface area (Å²) in [5, 5.41) is 10.4. The standard InChI is InChI=1S/C12H22O3P/c1-10(13)6-11(2)8-9(16(4,5)14-8)12(3,7-10)15-11/h8-9,13H,6-7H2,1-5H3/q+1/t8-,9+,10?,11+,12-/m0/s1. The van der Waals surface area contributed by atoms with Crippen molar-refractivity contribution in [3.8, 4) is 0 Å². The molecular weight excluding hydrogens is 223 g/mol. The van der Waals surface area contributed by atoms with E-state index in [0.29, 0.717) is 12.1 Å². The minimum absolute atomic E-state index is 0.184. The zero-order valence-corrected chi connectivity index (χ0v) is 11.7. The van der Waals surface area contributed by atoms with Crippen molar-refractivity contribution >= 4 is 7.49 Å². The van der Waals surface area contributed by atoms with Crippen LogP contribution in [0.1, 0.15) is 33.6 Å². The van der Waals surface area contributed by atoms with Crippen molar-refractivity contribution in [3.63, 3.8) is 0 Å². The van der Waals surface area contributed by atoms with Gasteiger partial charge in [0.15, 0.2) is 11.8 Å². The number of hydrogen-bond donors (Lipinski definition) is 1. The zero-order chi connectivity index (χ0) is 12.0. The molecule has 0 aliphatic carbocycles. The lowest BCUT2D eigenvalue weighted by molar-refractivity contribution is -0.194. The highest BCUT2D eigenvalue weighted by Crippen LogP contribution is 2.79. The maximum absolute atomic E-state index is 10.4. The van der Waals surface area contributed by atoms with E-state index in [9.17, 15) is 5.11 Å². The van der Waals surface area contributed by atoms with Crippen molar-refractivity contribution in [1.82, 2.24) is 0 Å². The molecule has 3 heterocycles. The minimum Gasteiger partial charge on any atom is -0.390 e. The smallest absolute Gasteiger partial charge is 0.171 e. The minimum atomic E-state index is -1.29. The van der Waals surface area contributed by atoms with Gasteiger partial charge < -0.3 is 9.84 Å². The molecule has 1 unspecified atom stereocenters. The van der Waals surface area contributed by atoms with Gasteiger partial charge in [-0.25, -0.2) is 4.52 Å². The van der Waals surface area contributed by atoms with Crippen LogP contribution in [0.3, 0.4) is 0 Å². The van der Waals surface area contributed by atoms with Crippen LogP contribution in [0.15, 0.2) is 0 Å². The van der Waals surface area contributed by atoms with Crippen LogP contribution in [0.25, 0.3) is 0 Å². The summed E-state index contributed by atoms with van der Waals surface area (Å²) in [5.74, 6) is 0. The molecule has 0 radical (unpaired) electrons. The Labute approximate surface area is 97.9 Å². The van der Waals surface area contributed by atoms with Gasteiger partial charge >= 0.3 is 0 Å². The van der Waals surface area contributed by atoms with E-state index in [1.165, 1.54) is 0 Å². The van der Waals surface area contributed by atoms with Gasteiger partial charge in [-0.3, -0.25) is 0 Å². The molecule has 92 valence electrons. The van der Waals surface area contributed by atoms with E-state index in [2.05, 4.69) is 27.2 Å². The molecule has 3 aliphatic heterocycles. The second-order valence-electron chi connectivity index (χ2n) is 6.98. The van der Waals surface area contributed by atoms with Crippen LogP contribution in [0.5, 0.6) is 0 Å². The van der Waals surface area contributed by atoms with Crippen molar-refractivity contribution in [1.29, 1.82) is 0 Å². The number of fused-ring (bicyclic) bond motifs is 5. The summed E-state index contributed by atoms with van der Waals surface area (Å²) in [7, 11) is -1.29. The summed E-state index contributed by atoms with van der Waals surface area (Å²) in [6, 6.07) is 0. The second kappa shape index (κ2) is 2.66. The summed E-state index contributed by atoms with van der Waals surface area (Å²) in [6.45, 7) is 10.7. The third-order valence-electron chi connectivity index (χ3n) is 4.50. The predicted octanol–water partition coefficient (Wildman–Crippen LogP) is 2.04. The van der Waals surface area contributed by atoms with Crippen LogP contribution < -0.4 is 0 Å². The Morgan fingerprint density at radius 3 is 2.25 bits per heavy atom. The molecule has 0 aromatic rings. The van der Waals surface area contributed by atoms with Crippen LogP contribution in [-0.4, -0.2) is 47.0 Å². The van der Waals surface area contributed by atoms with Gasteiger partial charge in [0.2, 0.25) is 0 Å². The lowest BCUT2D eigenvalue weighted by Crippen LogP contribution is -2.52. The van der Waals surface area contributed by atoms with Gasteiger partial charge in [0.1, 0.15) is 18.7 Å². The van der Waals surface area contributed by atoms with Gasteiger partial charge in [0.05, 0.1) is 18.9 Å². The second-order valence-corrected chi connectivity index (χ2v) is 10.6. The normalized spacial score (nSPS) is 62.6. The highest BCUT2D eigenvalue weighted by molar-refractivity contribution is 7.72. The molecule has 0 aromatic heterocycles. The first kappa shape index (κ1) is 11.4. The summed E-state index contributed by atoms with van der Waals surface area (Å²) in [5.41, 5.74) is -0.561. The van der Waals surface area contributed by atoms with Gasteiger partial charge in [-0.15, -0.1) is 0 Å². The maximum atomic E-state index is 10.4. The van der Waals surface area contributed by atoms with Crippen LogP contribution >= 0.6 is 7.49 Å². The van der Waals surface area contributed by atoms with Crippen LogP contribution in [-0.2, 0) is 9.26 Å². The summed E-state index contributed by atoms with van der Waals surface area (Å²) >= 11 is 0. The molecule has 3 fully saturated rings. The monoisotopic (exact) mass is 245 g/mol. The van der Waals surface area contributed by atoms with E-state index in [1.807, 2.05) is 6.92 Å². The van der Waals surface area contributed by atoms with Crippen molar-refractivity contribution in [2.75, 3.05) is 13.3 Å². The van der Waals surface area contributed by atoms with E-state index in [0.717, 1.165) is 6.42 Å². The Hall–Kier alpha value is 0.310. The first-order valence-corrected chi connectivity index (χ1v) is 8.70. The average Bonchev–Trinajstić information content (AvgIpc) is 2.06. The van der Waals surface area contributed by atoms with Crippen LogP contribution in [0.2, 0.25) is 0 Å². The van der Waals surface area contributed by atoms with E-state index < -0.39 is 13.1 Å². The van der Waals surface area contributed by atoms with Gasteiger partial charge in [-0.05, 0) is 20.8 Å². The topological polar surface area (TPSA) is 38.7 Å². The molecule has 2 bridgehead atoms. The molecule has 3 nitrogen and oxygen atoms in total. The Kier molecular flexibility index (Phi) is 1.90.